The smallest absolute Gasteiger partial charge is 0.186 e. The van der Waals surface area contributed by atoms with Crippen molar-refractivity contribution in [1.82, 2.24) is 10.2 Å². The van der Waals surface area contributed by atoms with Crippen LogP contribution in [0.25, 0.3) is 0 Å². The van der Waals surface area contributed by atoms with Crippen molar-refractivity contribution in [2.45, 2.75) is 113 Å². The summed E-state index contributed by atoms with van der Waals surface area (Å²) >= 11 is 0. The van der Waals surface area contributed by atoms with Crippen molar-refractivity contribution in [3.05, 3.63) is 0 Å². The second-order valence-corrected chi connectivity index (χ2v) is 20.4. The van der Waals surface area contributed by atoms with Gasteiger partial charge in [-0.15, -0.1) is 8.93 Å². The predicted molar refractivity (Wildman–Crippen MR) is 161 cm³/mol. The number of aliphatic hydroxyl groups is 5. The van der Waals surface area contributed by atoms with Crippen LogP contribution >= 0.6 is 50.6 Å². The van der Waals surface area contributed by atoms with Crippen LogP contribution < -0.4 is 15.9 Å². The molecule has 0 spiro atoms. The van der Waals surface area contributed by atoms with Crippen LogP contribution in [-0.4, -0.2) is 112 Å². The minimum Gasteiger partial charge on any atom is -0.394 e. The van der Waals surface area contributed by atoms with Crippen LogP contribution in [-0.2, 0) is 18.9 Å². The van der Waals surface area contributed by atoms with E-state index in [4.69, 9.17) is 24.7 Å². The maximum Gasteiger partial charge on any atom is 0.186 e. The monoisotopic (exact) mass is 657 g/mol. The summed E-state index contributed by atoms with van der Waals surface area (Å²) in [5.41, 5.74) is 6.41. The zero-order valence-electron chi connectivity index (χ0n) is 21.5. The Morgan fingerprint density at radius 2 is 1.66 bits per heavy atom. The molecule has 0 bridgehead atoms. The fourth-order valence-electron chi connectivity index (χ4n) is 5.34. The van der Waals surface area contributed by atoms with E-state index < -0.39 is 81.4 Å². The summed E-state index contributed by atoms with van der Waals surface area (Å²) in [4.78, 5) is 0. The van der Waals surface area contributed by atoms with E-state index in [1.54, 1.807) is 0 Å². The van der Waals surface area contributed by atoms with Gasteiger partial charge in [0.15, 0.2) is 12.6 Å². The van der Waals surface area contributed by atoms with Crippen LogP contribution in [0.1, 0.15) is 33.1 Å². The topological polar surface area (TPSA) is 188 Å². The molecule has 18 heteroatoms. The Hall–Kier alpha value is 2.10. The van der Waals surface area contributed by atoms with E-state index in [9.17, 15) is 25.5 Å². The third-order valence-corrected chi connectivity index (χ3v) is 17.5. The standard InChI is InChI=1S/C20H45N3O9P6/c1-3-11-10(25)5-9(22-36-33)19(29-11)31-17-7(2)4-8(21)18(16(17)28)32-20-15(27)13(23-38(35)37-34)14(26)12(6-24)30-20/h7-20,22-28,36-37H,3-6,21,33-35H2,1-2H3. The summed E-state index contributed by atoms with van der Waals surface area (Å²) in [6, 6.07) is -1.65. The molecular formula is C20H45N3O9P6. The molecule has 12 nitrogen and oxygen atoms in total. The summed E-state index contributed by atoms with van der Waals surface area (Å²) in [7, 11) is 7.94. The van der Waals surface area contributed by atoms with E-state index in [-0.39, 0.29) is 18.1 Å². The summed E-state index contributed by atoms with van der Waals surface area (Å²) in [5, 5.41) is 59.9. The van der Waals surface area contributed by atoms with Gasteiger partial charge in [0.2, 0.25) is 0 Å². The van der Waals surface area contributed by atoms with Gasteiger partial charge in [-0.25, -0.2) is 0 Å². The van der Waals surface area contributed by atoms with Crippen molar-refractivity contribution >= 4 is 50.6 Å². The number of hydrogen-bond donors (Lipinski definition) is 8. The van der Waals surface area contributed by atoms with Crippen molar-refractivity contribution in [3.8, 4) is 0 Å². The highest BCUT2D eigenvalue weighted by atomic mass is 32.6. The second-order valence-electron chi connectivity index (χ2n) is 10.1. The van der Waals surface area contributed by atoms with Gasteiger partial charge in [0.1, 0.15) is 30.5 Å². The van der Waals surface area contributed by atoms with E-state index in [1.807, 2.05) is 13.8 Å². The Kier molecular flexibility index (Phi) is 14.8. The molecule has 3 aliphatic rings. The average molecular weight is 657 g/mol. The minimum absolute atomic E-state index is 0.128. The normalized spacial score (nSPS) is 47.8. The lowest BCUT2D eigenvalue weighted by Crippen LogP contribution is -2.66. The third-order valence-electron chi connectivity index (χ3n) is 7.43. The SMILES string of the molecule is CCC1OC(OC2C(C)CC(N)C(OC3OC(CO)C(O)C(NP(P)PP)C3O)C2O)C(NPP)CC1O. The molecule has 224 valence electrons. The van der Waals surface area contributed by atoms with Crippen molar-refractivity contribution < 1.29 is 44.5 Å². The molecule has 0 amide bonds. The summed E-state index contributed by atoms with van der Waals surface area (Å²) in [5.74, 6) is -0.128. The Morgan fingerprint density at radius 3 is 2.26 bits per heavy atom. The first-order chi connectivity index (χ1) is 18.1. The average Bonchev–Trinajstić information content (AvgIpc) is 2.88. The lowest BCUT2D eigenvalue weighted by Gasteiger charge is -2.49. The van der Waals surface area contributed by atoms with Gasteiger partial charge in [-0.2, -0.15) is 0 Å². The summed E-state index contributed by atoms with van der Waals surface area (Å²) < 4.78 is 24.3. The lowest BCUT2D eigenvalue weighted by molar-refractivity contribution is -0.319. The molecule has 0 aromatic heterocycles. The fourth-order valence-corrected chi connectivity index (χ4v) is 9.01. The maximum atomic E-state index is 11.4. The molecule has 9 N–H and O–H groups in total. The first-order valence-electron chi connectivity index (χ1n) is 12.7. The molecule has 38 heavy (non-hydrogen) atoms. The Morgan fingerprint density at radius 1 is 1.00 bits per heavy atom. The lowest BCUT2D eigenvalue weighted by atomic mass is 9.80. The van der Waals surface area contributed by atoms with E-state index in [2.05, 4.69) is 37.0 Å². The largest absolute Gasteiger partial charge is 0.394 e. The van der Waals surface area contributed by atoms with Gasteiger partial charge in [-0.1, -0.05) is 39.7 Å². The van der Waals surface area contributed by atoms with Gasteiger partial charge < -0.3 is 50.2 Å². The molecule has 2 aliphatic heterocycles. The fraction of sp³-hybridized carbons (Fsp3) is 1.00. The number of ether oxygens (including phenoxy) is 4. The predicted octanol–water partition coefficient (Wildman–Crippen LogP) is -0.320. The van der Waals surface area contributed by atoms with Crippen molar-refractivity contribution in [3.63, 3.8) is 0 Å². The van der Waals surface area contributed by atoms with Crippen LogP contribution in [0, 0.1) is 5.92 Å². The van der Waals surface area contributed by atoms with E-state index in [1.165, 1.54) is 0 Å². The van der Waals surface area contributed by atoms with Crippen LogP contribution in [0.2, 0.25) is 0 Å². The summed E-state index contributed by atoms with van der Waals surface area (Å²) in [6.45, 7) is 3.40. The quantitative estimate of drug-likeness (QED) is 0.136. The molecule has 1 aliphatic carbocycles. The van der Waals surface area contributed by atoms with Crippen molar-refractivity contribution in [2.75, 3.05) is 6.61 Å². The Bertz CT molecular complexity index is 729. The van der Waals surface area contributed by atoms with E-state index in [0.717, 1.165) is 0 Å². The zero-order valence-corrected chi connectivity index (χ0v) is 27.9. The van der Waals surface area contributed by atoms with Gasteiger partial charge in [0, 0.05) is 13.5 Å². The maximum absolute atomic E-state index is 11.4. The molecule has 0 aromatic carbocycles. The Labute approximate surface area is 236 Å². The summed E-state index contributed by atoms with van der Waals surface area (Å²) in [6.07, 6.45) is -7.61. The van der Waals surface area contributed by atoms with Gasteiger partial charge in [-0.05, 0) is 33.6 Å². The van der Waals surface area contributed by atoms with Gasteiger partial charge >= 0.3 is 0 Å². The zero-order chi connectivity index (χ0) is 28.1. The number of nitrogens with one attached hydrogen (secondary N) is 2. The number of aliphatic hydroxyl groups excluding tert-OH is 5. The highest BCUT2D eigenvalue weighted by molar-refractivity contribution is 8.60. The number of nitrogens with two attached hydrogens (primary N) is 1. The molecule has 0 aromatic rings. The minimum atomic E-state index is -1.28. The van der Waals surface area contributed by atoms with Crippen LogP contribution in [0.3, 0.4) is 0 Å². The second kappa shape index (κ2) is 16.2. The van der Waals surface area contributed by atoms with Gasteiger partial charge in [-0.3, -0.25) is 10.2 Å². The third kappa shape index (κ3) is 8.38. The molecule has 20 atom stereocenters. The molecule has 3 fully saturated rings. The first-order valence-corrected chi connectivity index (χ1v) is 22.2. The highest BCUT2D eigenvalue weighted by Crippen LogP contribution is 2.63. The van der Waals surface area contributed by atoms with Crippen LogP contribution in [0.5, 0.6) is 0 Å². The number of hydrogen-bond acceptors (Lipinski definition) is 12. The molecule has 0 radical (unpaired) electrons. The molecule has 20 unspecified atom stereocenters. The van der Waals surface area contributed by atoms with Crippen molar-refractivity contribution in [1.29, 1.82) is 0 Å². The molecule has 2 saturated heterocycles. The van der Waals surface area contributed by atoms with E-state index in [0.29, 0.717) is 35.6 Å². The van der Waals surface area contributed by atoms with Crippen LogP contribution in [0.15, 0.2) is 0 Å². The molecular weight excluding hydrogens is 612 g/mol. The van der Waals surface area contributed by atoms with E-state index >= 15 is 0 Å². The van der Waals surface area contributed by atoms with Gasteiger partial charge in [0.05, 0.1) is 37.0 Å². The number of rotatable bonds is 11. The highest BCUT2D eigenvalue weighted by Gasteiger charge is 2.51. The Balaban J connectivity index is 1.75. The molecule has 1 saturated carbocycles. The van der Waals surface area contributed by atoms with Gasteiger partial charge in [0.25, 0.3) is 0 Å². The van der Waals surface area contributed by atoms with Crippen molar-refractivity contribution in [2.24, 2.45) is 11.7 Å². The molecule has 2 heterocycles. The van der Waals surface area contributed by atoms with Crippen LogP contribution in [0.4, 0.5) is 0 Å². The first kappa shape index (κ1) is 34.6. The molecule has 3 rings (SSSR count).